The van der Waals surface area contributed by atoms with Crippen molar-refractivity contribution in [3.05, 3.63) is 42.0 Å². The van der Waals surface area contributed by atoms with Crippen LogP contribution in [0.25, 0.3) is 0 Å². The minimum atomic E-state index is -0.869. The molecule has 0 saturated carbocycles. The van der Waals surface area contributed by atoms with E-state index in [1.807, 2.05) is 18.2 Å². The number of carbonyl (C=O) groups excluding carboxylic acids is 1. The number of aliphatic hydroxyl groups excluding tert-OH is 2. The van der Waals surface area contributed by atoms with Gasteiger partial charge in [0.25, 0.3) is 0 Å². The van der Waals surface area contributed by atoms with Crippen molar-refractivity contribution in [1.29, 1.82) is 0 Å². The molecule has 1 aromatic carbocycles. The highest BCUT2D eigenvalue weighted by Gasteiger charge is 2.11. The lowest BCUT2D eigenvalue weighted by Crippen LogP contribution is -2.25. The van der Waals surface area contributed by atoms with Crippen LogP contribution in [-0.2, 0) is 9.53 Å². The van der Waals surface area contributed by atoms with E-state index in [4.69, 9.17) is 14.6 Å². The van der Waals surface area contributed by atoms with Gasteiger partial charge >= 0.3 is 5.97 Å². The molecule has 0 aliphatic heterocycles. The van der Waals surface area contributed by atoms with E-state index in [9.17, 15) is 9.90 Å². The van der Waals surface area contributed by atoms with Crippen LogP contribution in [0.2, 0.25) is 0 Å². The number of rotatable bonds is 10. The summed E-state index contributed by atoms with van der Waals surface area (Å²) < 4.78 is 10.4. The quantitative estimate of drug-likeness (QED) is 0.393. The number of esters is 1. The lowest BCUT2D eigenvalue weighted by molar-refractivity contribution is -0.142. The summed E-state index contributed by atoms with van der Waals surface area (Å²) >= 11 is 0. The minimum absolute atomic E-state index is 0.0660. The van der Waals surface area contributed by atoms with E-state index in [0.29, 0.717) is 17.7 Å². The number of carbonyl (C=O) groups is 1. The van der Waals surface area contributed by atoms with Gasteiger partial charge in [0, 0.05) is 12.2 Å². The smallest absolute Gasteiger partial charge is 0.333 e. The largest absolute Gasteiger partial charge is 0.491 e. The first kappa shape index (κ1) is 18.2. The van der Waals surface area contributed by atoms with Gasteiger partial charge in [-0.15, -0.1) is 0 Å². The zero-order chi connectivity index (χ0) is 16.2. The maximum absolute atomic E-state index is 11.7. The molecule has 1 unspecified atom stereocenters. The van der Waals surface area contributed by atoms with Gasteiger partial charge < -0.3 is 19.7 Å². The Kier molecular flexibility index (Phi) is 8.95. The number of benzene rings is 1. The predicted octanol–water partition coefficient (Wildman–Crippen LogP) is 2.08. The molecule has 0 heterocycles. The molecule has 0 spiro atoms. The Bertz CT molecular complexity index is 455. The molecule has 1 atom stereocenters. The van der Waals surface area contributed by atoms with Crippen LogP contribution in [0.1, 0.15) is 26.2 Å². The predicted molar refractivity (Wildman–Crippen MR) is 83.6 cm³/mol. The topological polar surface area (TPSA) is 76.0 Å². The molecule has 0 bridgehead atoms. The number of allylic oxidation sites excluding steroid dienone is 1. The second-order valence-electron chi connectivity index (χ2n) is 4.98. The summed E-state index contributed by atoms with van der Waals surface area (Å²) in [7, 11) is 0. The maximum Gasteiger partial charge on any atom is 0.333 e. The second-order valence-corrected chi connectivity index (χ2v) is 4.98. The van der Waals surface area contributed by atoms with Gasteiger partial charge in [0.2, 0.25) is 0 Å². The number of aliphatic hydroxyl groups is 2. The van der Waals surface area contributed by atoms with Crippen molar-refractivity contribution in [3.8, 4) is 5.75 Å². The normalized spacial score (nSPS) is 12.8. The Labute approximate surface area is 131 Å². The lowest BCUT2D eigenvalue weighted by Gasteiger charge is -2.13. The van der Waals surface area contributed by atoms with Crippen LogP contribution in [-0.4, -0.2) is 42.1 Å². The fourth-order valence-corrected chi connectivity index (χ4v) is 1.70. The Hall–Kier alpha value is -1.85. The molecule has 22 heavy (non-hydrogen) atoms. The van der Waals surface area contributed by atoms with Gasteiger partial charge in [-0.05, 0) is 38.3 Å². The van der Waals surface area contributed by atoms with Gasteiger partial charge in [-0.3, -0.25) is 0 Å². The van der Waals surface area contributed by atoms with Gasteiger partial charge in [-0.2, -0.15) is 0 Å². The first-order valence-electron chi connectivity index (χ1n) is 7.44. The third-order valence-electron chi connectivity index (χ3n) is 2.98. The summed E-state index contributed by atoms with van der Waals surface area (Å²) in [5, 5.41) is 18.4. The van der Waals surface area contributed by atoms with Gasteiger partial charge in [0.1, 0.15) is 25.1 Å². The standard InChI is InChI=1S/C17H24O5/c1-14(8-4-3-7-11-18)17(20)22-13-15(19)12-21-16-9-5-2-6-10-16/h2,5-6,8-10,15,18-19H,3-4,7,11-13H2,1H3. The van der Waals surface area contributed by atoms with E-state index in [0.717, 1.165) is 12.8 Å². The highest BCUT2D eigenvalue weighted by atomic mass is 16.5. The van der Waals surface area contributed by atoms with Crippen molar-refractivity contribution in [2.75, 3.05) is 19.8 Å². The molecule has 2 N–H and O–H groups in total. The highest BCUT2D eigenvalue weighted by Crippen LogP contribution is 2.09. The Morgan fingerprint density at radius 1 is 1.23 bits per heavy atom. The Morgan fingerprint density at radius 3 is 2.64 bits per heavy atom. The zero-order valence-electron chi connectivity index (χ0n) is 12.9. The van der Waals surface area contributed by atoms with Gasteiger partial charge in [0.05, 0.1) is 0 Å². The minimum Gasteiger partial charge on any atom is -0.491 e. The van der Waals surface area contributed by atoms with Crippen LogP contribution in [0.3, 0.4) is 0 Å². The van der Waals surface area contributed by atoms with E-state index in [1.165, 1.54) is 0 Å². The number of hydrogen-bond acceptors (Lipinski definition) is 5. The first-order chi connectivity index (χ1) is 10.6. The molecule has 122 valence electrons. The number of ether oxygens (including phenoxy) is 2. The number of unbranched alkanes of at least 4 members (excludes halogenated alkanes) is 2. The summed E-state index contributed by atoms with van der Waals surface area (Å²) in [5.74, 6) is 0.218. The van der Waals surface area contributed by atoms with Crippen molar-refractivity contribution >= 4 is 5.97 Å². The summed E-state index contributed by atoms with van der Waals surface area (Å²) in [6.45, 7) is 1.79. The fourth-order valence-electron chi connectivity index (χ4n) is 1.70. The molecule has 5 nitrogen and oxygen atoms in total. The summed E-state index contributed by atoms with van der Waals surface area (Å²) in [6, 6.07) is 9.14. The fraction of sp³-hybridized carbons (Fsp3) is 0.471. The highest BCUT2D eigenvalue weighted by molar-refractivity contribution is 5.87. The molecule has 0 radical (unpaired) electrons. The zero-order valence-corrected chi connectivity index (χ0v) is 12.9. The maximum atomic E-state index is 11.7. The van der Waals surface area contributed by atoms with Crippen molar-refractivity contribution in [1.82, 2.24) is 0 Å². The Balaban J connectivity index is 2.22. The molecule has 0 fully saturated rings. The van der Waals surface area contributed by atoms with Crippen LogP contribution < -0.4 is 4.74 Å². The summed E-state index contributed by atoms with van der Waals surface area (Å²) in [6.07, 6.45) is 3.18. The molecule has 0 saturated heterocycles. The average Bonchev–Trinajstić information content (AvgIpc) is 2.55. The molecule has 0 amide bonds. The van der Waals surface area contributed by atoms with E-state index >= 15 is 0 Å². The molecule has 5 heteroatoms. The average molecular weight is 308 g/mol. The van der Waals surface area contributed by atoms with Gasteiger partial charge in [0.15, 0.2) is 0 Å². The third kappa shape index (κ3) is 7.81. The van der Waals surface area contributed by atoms with Crippen molar-refractivity contribution < 1.29 is 24.5 Å². The van der Waals surface area contributed by atoms with Crippen molar-refractivity contribution in [2.24, 2.45) is 0 Å². The first-order valence-corrected chi connectivity index (χ1v) is 7.44. The van der Waals surface area contributed by atoms with Crippen molar-refractivity contribution in [2.45, 2.75) is 32.3 Å². The number of para-hydroxylation sites is 1. The summed E-state index contributed by atoms with van der Waals surface area (Å²) in [5.41, 5.74) is 0.508. The monoisotopic (exact) mass is 308 g/mol. The molecular formula is C17H24O5. The van der Waals surface area contributed by atoms with Crippen LogP contribution in [0.5, 0.6) is 5.75 Å². The van der Waals surface area contributed by atoms with Crippen LogP contribution in [0.15, 0.2) is 42.0 Å². The molecular weight excluding hydrogens is 284 g/mol. The Morgan fingerprint density at radius 2 is 1.95 bits per heavy atom. The van der Waals surface area contributed by atoms with Gasteiger partial charge in [-0.25, -0.2) is 4.79 Å². The van der Waals surface area contributed by atoms with Crippen LogP contribution in [0, 0.1) is 0 Å². The molecule has 0 aromatic heterocycles. The van der Waals surface area contributed by atoms with E-state index in [1.54, 1.807) is 25.1 Å². The van der Waals surface area contributed by atoms with E-state index < -0.39 is 12.1 Å². The third-order valence-corrected chi connectivity index (χ3v) is 2.98. The van der Waals surface area contributed by atoms with Gasteiger partial charge in [-0.1, -0.05) is 24.3 Å². The molecule has 0 aliphatic carbocycles. The lowest BCUT2D eigenvalue weighted by atomic mass is 10.2. The molecule has 1 rings (SSSR count). The van der Waals surface area contributed by atoms with Crippen LogP contribution in [0.4, 0.5) is 0 Å². The SMILES string of the molecule is CC(=CCCCCO)C(=O)OCC(O)COc1ccccc1. The van der Waals surface area contributed by atoms with Crippen LogP contribution >= 0.6 is 0 Å². The van der Waals surface area contributed by atoms with E-state index in [2.05, 4.69) is 0 Å². The summed E-state index contributed by atoms with van der Waals surface area (Å²) in [4.78, 5) is 11.7. The second kappa shape index (κ2) is 10.8. The van der Waals surface area contributed by atoms with E-state index in [-0.39, 0.29) is 19.8 Å². The number of hydrogen-bond donors (Lipinski definition) is 2. The molecule has 1 aromatic rings. The molecule has 0 aliphatic rings. The van der Waals surface area contributed by atoms with Crippen molar-refractivity contribution in [3.63, 3.8) is 0 Å².